The summed E-state index contributed by atoms with van der Waals surface area (Å²) >= 11 is 0. The summed E-state index contributed by atoms with van der Waals surface area (Å²) in [6.07, 6.45) is 9.82. The third-order valence-corrected chi connectivity index (χ3v) is 9.87. The number of likely N-dealkylation sites (N-methyl/N-ethyl adjacent to an activating group) is 1. The molecule has 1 amide bonds. The average Bonchev–Trinajstić information content (AvgIpc) is 3.47. The number of dihydropyridines is 1. The quantitative estimate of drug-likeness (QED) is 0.333. The van der Waals surface area contributed by atoms with Gasteiger partial charge in [-0.1, -0.05) is 36.9 Å². The lowest BCUT2D eigenvalue weighted by Crippen LogP contribution is -2.57. The molecule has 2 saturated heterocycles. The second kappa shape index (κ2) is 13.0. The molecule has 3 aliphatic heterocycles. The molecule has 1 aromatic rings. The number of halogens is 2. The molecule has 10 heteroatoms. The third-order valence-electron chi connectivity index (χ3n) is 9.87. The molecule has 0 saturated carbocycles. The first-order valence-electron chi connectivity index (χ1n) is 15.8. The van der Waals surface area contributed by atoms with Gasteiger partial charge in [0.2, 0.25) is 12.4 Å². The highest BCUT2D eigenvalue weighted by molar-refractivity contribution is 6.00. The molecule has 2 unspecified atom stereocenters. The van der Waals surface area contributed by atoms with Crippen LogP contribution in [0.25, 0.3) is 10.4 Å². The smallest absolute Gasteiger partial charge is 0.282 e. The summed E-state index contributed by atoms with van der Waals surface area (Å²) in [7, 11) is 2.04. The molecule has 0 aromatic heterocycles. The fourth-order valence-electron chi connectivity index (χ4n) is 7.51. The molecule has 2 fully saturated rings. The first-order valence-corrected chi connectivity index (χ1v) is 15.8. The van der Waals surface area contributed by atoms with Crippen LogP contribution in [0.4, 0.5) is 8.78 Å². The first kappa shape index (κ1) is 30.7. The van der Waals surface area contributed by atoms with Crippen molar-refractivity contribution in [3.05, 3.63) is 88.0 Å². The minimum absolute atomic E-state index is 0.0440. The maximum Gasteiger partial charge on any atom is 0.282 e. The molecule has 234 valence electrons. The van der Waals surface area contributed by atoms with Gasteiger partial charge in [-0.15, -0.1) is 0 Å². The van der Waals surface area contributed by atoms with Crippen LogP contribution >= 0.6 is 0 Å². The molecular formula is C35H38F2N6O2. The number of allylic oxidation sites excluding steroid dienone is 2. The Morgan fingerprint density at radius 2 is 2.04 bits per heavy atom. The van der Waals surface area contributed by atoms with Gasteiger partial charge in [0.25, 0.3) is 5.91 Å². The number of piperazine rings is 1. The highest BCUT2D eigenvalue weighted by Crippen LogP contribution is 2.43. The Labute approximate surface area is 263 Å². The van der Waals surface area contributed by atoms with Crippen LogP contribution in [0.5, 0.6) is 0 Å². The summed E-state index contributed by atoms with van der Waals surface area (Å²) in [5.74, 6) is -2.75. The zero-order valence-electron chi connectivity index (χ0n) is 25.6. The molecule has 3 heterocycles. The number of benzene rings is 1. The molecule has 6 rings (SSSR count). The number of fused-ring (bicyclic) bond motifs is 2. The standard InChI is InChI=1S/C35H38F2N6O2/c1-22(36)35(44)43-17-16-42(20-25(43)19-39-2)33-29-14-13-28(27-12-6-9-23-8-4-5-11-26(23)27)31(37)32(29)40-34(30(33)18-38)45-21-24-10-7-15-41(24)3/h6,9,12-14,24-25,29,32H,1,4-5,7-8,10-11,15-17,19-21H2,3H3/t24-,25-,29?,32?/m0/s1. The number of aliphatic imine (C=N–C) groups is 1. The summed E-state index contributed by atoms with van der Waals surface area (Å²) < 4.78 is 37.0. The Balaban J connectivity index is 1.39. The topological polar surface area (TPSA) is 76.5 Å². The highest BCUT2D eigenvalue weighted by Gasteiger charge is 2.44. The first-order chi connectivity index (χ1) is 21.8. The molecule has 0 spiro atoms. The van der Waals surface area contributed by atoms with Crippen LogP contribution in [0.2, 0.25) is 0 Å². The van der Waals surface area contributed by atoms with Crippen LogP contribution in [0.15, 0.2) is 64.8 Å². The summed E-state index contributed by atoms with van der Waals surface area (Å²) in [5, 5.41) is 10.5. The molecule has 1 aromatic carbocycles. The van der Waals surface area contributed by atoms with Crippen molar-refractivity contribution in [3.8, 4) is 6.07 Å². The Morgan fingerprint density at radius 1 is 1.22 bits per heavy atom. The van der Waals surface area contributed by atoms with Crippen molar-refractivity contribution in [1.82, 2.24) is 14.7 Å². The van der Waals surface area contributed by atoms with E-state index in [1.165, 1.54) is 16.0 Å². The van der Waals surface area contributed by atoms with Crippen LogP contribution < -0.4 is 0 Å². The Morgan fingerprint density at radius 3 is 2.78 bits per heavy atom. The largest absolute Gasteiger partial charge is 0.475 e. The Kier molecular flexibility index (Phi) is 8.87. The van der Waals surface area contributed by atoms with Gasteiger partial charge in [-0.3, -0.25) is 4.79 Å². The van der Waals surface area contributed by atoms with E-state index in [1.807, 2.05) is 36.2 Å². The van der Waals surface area contributed by atoms with Crippen LogP contribution in [0, 0.1) is 23.8 Å². The predicted molar refractivity (Wildman–Crippen MR) is 168 cm³/mol. The molecule has 0 bridgehead atoms. The summed E-state index contributed by atoms with van der Waals surface area (Å²) in [4.78, 5) is 26.3. The lowest BCUT2D eigenvalue weighted by atomic mass is 9.79. The van der Waals surface area contributed by atoms with Gasteiger partial charge in [0.1, 0.15) is 36.2 Å². The molecule has 2 aliphatic carbocycles. The molecule has 45 heavy (non-hydrogen) atoms. The van der Waals surface area contributed by atoms with Crippen molar-refractivity contribution in [2.75, 3.05) is 46.4 Å². The zero-order chi connectivity index (χ0) is 31.7. The van der Waals surface area contributed by atoms with Gasteiger partial charge in [-0.25, -0.2) is 20.3 Å². The number of ether oxygens (including phenoxy) is 1. The summed E-state index contributed by atoms with van der Waals surface area (Å²) in [6, 6.07) is 6.99. The SMILES string of the molecule is [C-]#[N+]C[C@H]1CN(C2=C(C#N)C(OC[C@@H]3CCCN3C)=NC3C(F)=C(c4cccc5c4CCCC5)C=CC23)CCN1C(=O)C(=C)F. The molecule has 0 radical (unpaired) electrons. The number of nitrogens with zero attached hydrogens (tertiary/aromatic N) is 6. The van der Waals surface area contributed by atoms with E-state index in [4.69, 9.17) is 16.3 Å². The van der Waals surface area contributed by atoms with Crippen molar-refractivity contribution in [3.63, 3.8) is 0 Å². The van der Waals surface area contributed by atoms with E-state index in [2.05, 4.69) is 28.5 Å². The van der Waals surface area contributed by atoms with Crippen molar-refractivity contribution in [2.45, 2.75) is 56.7 Å². The van der Waals surface area contributed by atoms with Crippen LogP contribution in [0.1, 0.15) is 42.4 Å². The van der Waals surface area contributed by atoms with Crippen molar-refractivity contribution in [1.29, 1.82) is 5.26 Å². The lowest BCUT2D eigenvalue weighted by Gasteiger charge is -2.44. The van der Waals surface area contributed by atoms with Crippen molar-refractivity contribution >= 4 is 17.4 Å². The van der Waals surface area contributed by atoms with E-state index in [9.17, 15) is 14.4 Å². The molecule has 4 atom stereocenters. The van der Waals surface area contributed by atoms with Gasteiger partial charge in [-0.05, 0) is 68.8 Å². The number of likely N-dealkylation sites (tertiary alicyclic amines) is 1. The van der Waals surface area contributed by atoms with Gasteiger partial charge >= 0.3 is 0 Å². The fourth-order valence-corrected chi connectivity index (χ4v) is 7.51. The number of carbonyl (C=O) groups excluding carboxylic acids is 1. The Bertz CT molecular complexity index is 1600. The monoisotopic (exact) mass is 612 g/mol. The Hall–Kier alpha value is -4.28. The highest BCUT2D eigenvalue weighted by atomic mass is 19.1. The maximum absolute atomic E-state index is 16.8. The lowest BCUT2D eigenvalue weighted by molar-refractivity contribution is -0.132. The van der Waals surface area contributed by atoms with E-state index in [0.29, 0.717) is 17.9 Å². The van der Waals surface area contributed by atoms with Gasteiger partial charge in [0.15, 0.2) is 5.83 Å². The van der Waals surface area contributed by atoms with Crippen LogP contribution in [-0.4, -0.2) is 91.0 Å². The van der Waals surface area contributed by atoms with E-state index in [-0.39, 0.29) is 49.5 Å². The van der Waals surface area contributed by atoms with Crippen LogP contribution in [-0.2, 0) is 22.4 Å². The van der Waals surface area contributed by atoms with E-state index < -0.39 is 29.7 Å². The predicted octanol–water partition coefficient (Wildman–Crippen LogP) is 5.02. The number of rotatable bonds is 6. The second-order valence-corrected chi connectivity index (χ2v) is 12.5. The zero-order valence-corrected chi connectivity index (χ0v) is 25.6. The minimum atomic E-state index is -1.08. The normalized spacial score (nSPS) is 26.6. The summed E-state index contributed by atoms with van der Waals surface area (Å²) in [6.45, 7) is 12.5. The number of amides is 1. The number of hydrogen-bond acceptors (Lipinski definition) is 6. The van der Waals surface area contributed by atoms with E-state index in [1.54, 1.807) is 0 Å². The van der Waals surface area contributed by atoms with E-state index >= 15 is 4.39 Å². The maximum atomic E-state index is 16.8. The molecule has 5 aliphatic rings. The summed E-state index contributed by atoms with van der Waals surface area (Å²) in [5.41, 5.74) is 4.63. The van der Waals surface area contributed by atoms with Gasteiger partial charge in [-0.2, -0.15) is 5.26 Å². The third kappa shape index (κ3) is 5.80. The van der Waals surface area contributed by atoms with Gasteiger partial charge in [0, 0.05) is 42.9 Å². The molecule has 0 N–H and O–H groups in total. The fraction of sp³-hybridized carbons (Fsp3) is 0.486. The average molecular weight is 613 g/mol. The van der Waals surface area contributed by atoms with Gasteiger partial charge < -0.3 is 24.3 Å². The number of nitriles is 1. The van der Waals surface area contributed by atoms with Crippen LogP contribution in [0.3, 0.4) is 0 Å². The number of hydrogen-bond donors (Lipinski definition) is 0. The van der Waals surface area contributed by atoms with Crippen molar-refractivity contribution in [2.24, 2.45) is 10.9 Å². The van der Waals surface area contributed by atoms with Crippen molar-refractivity contribution < 1.29 is 18.3 Å². The van der Waals surface area contributed by atoms with E-state index in [0.717, 1.165) is 50.6 Å². The number of aryl methyl sites for hydroxylation is 1. The number of carbonyl (C=O) groups is 1. The minimum Gasteiger partial charge on any atom is -0.475 e. The molecular weight excluding hydrogens is 574 g/mol. The second-order valence-electron chi connectivity index (χ2n) is 12.5. The van der Waals surface area contributed by atoms with Gasteiger partial charge in [0.05, 0.1) is 0 Å². The molecule has 8 nitrogen and oxygen atoms in total.